The Morgan fingerprint density at radius 1 is 0.857 bits per heavy atom. The molecule has 1 heterocycles. The number of rotatable bonds is 0. The second-order valence-electron chi connectivity index (χ2n) is 2.39. The first kappa shape index (κ1) is 9.91. The lowest BCUT2D eigenvalue weighted by molar-refractivity contribution is 0.475. The van der Waals surface area contributed by atoms with Gasteiger partial charge in [-0.3, -0.25) is 0 Å². The van der Waals surface area contributed by atoms with Crippen LogP contribution in [0.5, 0.6) is 5.75 Å². The van der Waals surface area contributed by atoms with Crippen LogP contribution in [0.4, 0.5) is 5.69 Å². The fourth-order valence-corrected chi connectivity index (χ4v) is 0.679. The highest BCUT2D eigenvalue weighted by molar-refractivity contribution is 5.40. The lowest BCUT2D eigenvalue weighted by atomic mass is 10.3. The van der Waals surface area contributed by atoms with Gasteiger partial charge in [0.25, 0.3) is 0 Å². The minimum absolute atomic E-state index is 0.249. The second kappa shape index (κ2) is 5.47. The summed E-state index contributed by atoms with van der Waals surface area (Å²) in [5.74, 6) is 0.249. The van der Waals surface area contributed by atoms with Crippen molar-refractivity contribution in [2.24, 2.45) is 0 Å². The van der Waals surface area contributed by atoms with Crippen LogP contribution in [-0.4, -0.2) is 20.1 Å². The lowest BCUT2D eigenvalue weighted by Gasteiger charge is -1.89. The van der Waals surface area contributed by atoms with E-state index in [-0.39, 0.29) is 5.75 Å². The third-order valence-corrected chi connectivity index (χ3v) is 1.29. The number of nitrogens with zero attached hydrogens (tertiary/aromatic N) is 3. The van der Waals surface area contributed by atoms with E-state index in [0.717, 1.165) is 0 Å². The Labute approximate surface area is 81.3 Å². The van der Waals surface area contributed by atoms with Crippen LogP contribution in [0.25, 0.3) is 0 Å². The van der Waals surface area contributed by atoms with Crippen molar-refractivity contribution in [1.29, 1.82) is 0 Å². The molecule has 14 heavy (non-hydrogen) atoms. The van der Waals surface area contributed by atoms with Crippen molar-refractivity contribution >= 4 is 5.69 Å². The lowest BCUT2D eigenvalue weighted by Crippen LogP contribution is -1.80. The van der Waals surface area contributed by atoms with E-state index in [2.05, 4.69) is 15.0 Å². The summed E-state index contributed by atoms with van der Waals surface area (Å²) in [6, 6.07) is 6.40. The van der Waals surface area contributed by atoms with Crippen LogP contribution in [0.3, 0.4) is 0 Å². The van der Waals surface area contributed by atoms with Crippen molar-refractivity contribution in [2.45, 2.75) is 0 Å². The van der Waals surface area contributed by atoms with Gasteiger partial charge in [0.1, 0.15) is 24.7 Å². The fourth-order valence-electron chi connectivity index (χ4n) is 0.679. The van der Waals surface area contributed by atoms with E-state index in [1.54, 1.807) is 24.3 Å². The van der Waals surface area contributed by atoms with Gasteiger partial charge in [0.15, 0.2) is 0 Å². The smallest absolute Gasteiger partial charge is 0.119 e. The normalized spacial score (nSPS) is 8.57. The largest absolute Gasteiger partial charge is 0.508 e. The quantitative estimate of drug-likeness (QED) is 0.475. The summed E-state index contributed by atoms with van der Waals surface area (Å²) in [7, 11) is 0. The molecule has 5 heteroatoms. The minimum Gasteiger partial charge on any atom is -0.508 e. The van der Waals surface area contributed by atoms with Gasteiger partial charge in [-0.1, -0.05) is 0 Å². The summed E-state index contributed by atoms with van der Waals surface area (Å²) in [5, 5.41) is 8.70. The third kappa shape index (κ3) is 4.01. The first-order valence-corrected chi connectivity index (χ1v) is 3.88. The molecule has 0 atom stereocenters. The molecule has 2 aromatic rings. The van der Waals surface area contributed by atoms with E-state index >= 15 is 0 Å². The molecule has 0 saturated heterocycles. The van der Waals surface area contributed by atoms with Gasteiger partial charge in [0.2, 0.25) is 0 Å². The zero-order chi connectivity index (χ0) is 10.2. The molecule has 1 aromatic carbocycles. The molecule has 5 nitrogen and oxygen atoms in total. The van der Waals surface area contributed by atoms with Crippen LogP contribution >= 0.6 is 0 Å². The number of aromatic hydroxyl groups is 1. The predicted molar refractivity (Wildman–Crippen MR) is 52.3 cm³/mol. The molecule has 3 N–H and O–H groups in total. The van der Waals surface area contributed by atoms with Crippen LogP contribution in [0.15, 0.2) is 43.2 Å². The number of nitrogen functional groups attached to an aromatic ring is 1. The Kier molecular flexibility index (Phi) is 3.87. The minimum atomic E-state index is 0.249. The summed E-state index contributed by atoms with van der Waals surface area (Å²) >= 11 is 0. The molecule has 0 fully saturated rings. The molecule has 0 radical (unpaired) electrons. The Bertz CT molecular complexity index is 301. The average molecular weight is 190 g/mol. The molecular weight excluding hydrogens is 180 g/mol. The van der Waals surface area contributed by atoms with Crippen molar-refractivity contribution in [3.8, 4) is 5.75 Å². The molecule has 0 aliphatic heterocycles. The van der Waals surface area contributed by atoms with Gasteiger partial charge >= 0.3 is 0 Å². The van der Waals surface area contributed by atoms with E-state index in [9.17, 15) is 0 Å². The highest BCUT2D eigenvalue weighted by Gasteiger charge is 1.82. The Morgan fingerprint density at radius 2 is 1.29 bits per heavy atom. The molecule has 0 aliphatic rings. The highest BCUT2D eigenvalue weighted by Crippen LogP contribution is 2.09. The zero-order valence-electron chi connectivity index (χ0n) is 7.41. The molecule has 2 rings (SSSR count). The molecule has 72 valence electrons. The van der Waals surface area contributed by atoms with Crippen molar-refractivity contribution < 1.29 is 5.11 Å². The molecule has 0 aliphatic carbocycles. The molecule has 0 unspecified atom stereocenters. The number of benzene rings is 1. The van der Waals surface area contributed by atoms with E-state index in [4.69, 9.17) is 10.8 Å². The van der Waals surface area contributed by atoms with Gasteiger partial charge in [-0.2, -0.15) is 0 Å². The number of phenolic OH excluding ortho intramolecular Hbond substituents is 1. The number of hydrogen-bond donors (Lipinski definition) is 2. The van der Waals surface area contributed by atoms with E-state index in [1.165, 1.54) is 19.0 Å². The van der Waals surface area contributed by atoms with Crippen LogP contribution in [0.1, 0.15) is 0 Å². The van der Waals surface area contributed by atoms with Crippen LogP contribution in [0, 0.1) is 0 Å². The van der Waals surface area contributed by atoms with Gasteiger partial charge in [-0.05, 0) is 24.3 Å². The summed E-state index contributed by atoms with van der Waals surface area (Å²) in [6.45, 7) is 0. The maximum absolute atomic E-state index is 8.70. The van der Waals surface area contributed by atoms with Crippen molar-refractivity contribution in [3.63, 3.8) is 0 Å². The summed E-state index contributed by atoms with van der Waals surface area (Å²) in [5.41, 5.74) is 5.98. The molecule has 0 spiro atoms. The van der Waals surface area contributed by atoms with Crippen molar-refractivity contribution in [1.82, 2.24) is 15.0 Å². The van der Waals surface area contributed by atoms with E-state index in [1.807, 2.05) is 0 Å². The standard InChI is InChI=1S/C6H7NO.C3H3N3/c7-5-1-3-6(8)4-2-5;1-4-2-6-3-5-1/h1-4,8H,7H2;1-3H. The number of nitrogens with two attached hydrogens (primary N) is 1. The molecule has 0 bridgehead atoms. The molecule has 0 saturated carbocycles. The van der Waals surface area contributed by atoms with E-state index in [0.29, 0.717) is 5.69 Å². The SMILES string of the molecule is Nc1ccc(O)cc1.c1ncncn1. The van der Waals surface area contributed by atoms with Crippen molar-refractivity contribution in [2.75, 3.05) is 5.73 Å². The number of aromatic nitrogens is 3. The van der Waals surface area contributed by atoms with Crippen molar-refractivity contribution in [3.05, 3.63) is 43.2 Å². The zero-order valence-corrected chi connectivity index (χ0v) is 7.41. The highest BCUT2D eigenvalue weighted by atomic mass is 16.3. The average Bonchev–Trinajstić information content (AvgIpc) is 2.26. The Hall–Kier alpha value is -2.17. The van der Waals surface area contributed by atoms with Gasteiger partial charge in [-0.25, -0.2) is 15.0 Å². The maximum atomic E-state index is 8.70. The van der Waals surface area contributed by atoms with Gasteiger partial charge in [0.05, 0.1) is 0 Å². The topological polar surface area (TPSA) is 84.9 Å². The molecule has 1 aromatic heterocycles. The Balaban J connectivity index is 0.000000146. The van der Waals surface area contributed by atoms with E-state index < -0.39 is 0 Å². The summed E-state index contributed by atoms with van der Waals surface area (Å²) < 4.78 is 0. The fraction of sp³-hybridized carbons (Fsp3) is 0. The molecule has 0 amide bonds. The van der Waals surface area contributed by atoms with Crippen LogP contribution in [0.2, 0.25) is 0 Å². The van der Waals surface area contributed by atoms with Gasteiger partial charge in [-0.15, -0.1) is 0 Å². The third-order valence-electron chi connectivity index (χ3n) is 1.29. The predicted octanol–water partition coefficient (Wildman–Crippen LogP) is 0.846. The second-order valence-corrected chi connectivity index (χ2v) is 2.39. The Morgan fingerprint density at radius 3 is 1.57 bits per heavy atom. The monoisotopic (exact) mass is 190 g/mol. The number of anilines is 1. The summed E-state index contributed by atoms with van der Waals surface area (Å²) in [6.07, 6.45) is 4.31. The summed E-state index contributed by atoms with van der Waals surface area (Å²) in [4.78, 5) is 10.7. The van der Waals surface area contributed by atoms with Crippen LogP contribution < -0.4 is 5.73 Å². The number of hydrogen-bond acceptors (Lipinski definition) is 5. The first-order valence-electron chi connectivity index (χ1n) is 3.88. The maximum Gasteiger partial charge on any atom is 0.119 e. The molecular formula is C9H10N4O. The number of phenols is 1. The van der Waals surface area contributed by atoms with Gasteiger partial charge < -0.3 is 10.8 Å². The van der Waals surface area contributed by atoms with Crippen LogP contribution in [-0.2, 0) is 0 Å². The first-order chi connectivity index (χ1) is 6.79. The van der Waals surface area contributed by atoms with Gasteiger partial charge in [0, 0.05) is 5.69 Å².